The number of hydrogen-bond donors (Lipinski definition) is 2. The second-order valence-electron chi connectivity index (χ2n) is 5.31. The first-order valence-electron chi connectivity index (χ1n) is 7.39. The molecule has 0 aromatic heterocycles. The van der Waals surface area contributed by atoms with Crippen molar-refractivity contribution in [1.29, 1.82) is 0 Å². The van der Waals surface area contributed by atoms with Gasteiger partial charge in [-0.25, -0.2) is 4.79 Å². The van der Waals surface area contributed by atoms with Crippen molar-refractivity contribution >= 4 is 23.5 Å². The number of ether oxygens (including phenoxy) is 1. The molecule has 0 heterocycles. The van der Waals surface area contributed by atoms with E-state index in [4.69, 9.17) is 4.74 Å². The minimum Gasteiger partial charge on any atom is -0.473 e. The highest BCUT2D eigenvalue weighted by Gasteiger charge is 2.07. The Balaban J connectivity index is 1.89. The molecule has 0 aliphatic carbocycles. The Morgan fingerprint density at radius 1 is 1.13 bits per heavy atom. The van der Waals surface area contributed by atoms with Crippen molar-refractivity contribution < 1.29 is 9.53 Å². The van der Waals surface area contributed by atoms with Gasteiger partial charge in [0.15, 0.2) is 6.73 Å². The number of carbonyl (C=O) groups is 1. The third kappa shape index (κ3) is 4.66. The number of anilines is 1. The van der Waals surface area contributed by atoms with E-state index >= 15 is 0 Å². The van der Waals surface area contributed by atoms with E-state index in [1.807, 2.05) is 57.4 Å². The van der Waals surface area contributed by atoms with Crippen LogP contribution in [0.5, 0.6) is 5.75 Å². The summed E-state index contributed by atoms with van der Waals surface area (Å²) < 4.78 is 5.73. The van der Waals surface area contributed by atoms with Crippen molar-refractivity contribution in [2.75, 3.05) is 18.3 Å². The average Bonchev–Trinajstić information content (AvgIpc) is 2.54. The topological polar surface area (TPSA) is 50.4 Å². The summed E-state index contributed by atoms with van der Waals surface area (Å²) in [4.78, 5) is 13.0. The summed E-state index contributed by atoms with van der Waals surface area (Å²) >= 11 is 1.63. The van der Waals surface area contributed by atoms with Gasteiger partial charge in [0.25, 0.3) is 0 Å². The molecule has 2 amide bonds. The number of rotatable bonds is 5. The van der Waals surface area contributed by atoms with E-state index in [1.54, 1.807) is 11.8 Å². The lowest BCUT2D eigenvalue weighted by Crippen LogP contribution is -2.32. The first-order chi connectivity index (χ1) is 11.0. The number of benzene rings is 2. The van der Waals surface area contributed by atoms with Crippen molar-refractivity contribution in [3.05, 3.63) is 53.1 Å². The first-order valence-corrected chi connectivity index (χ1v) is 8.62. The van der Waals surface area contributed by atoms with Gasteiger partial charge in [-0.3, -0.25) is 0 Å². The zero-order chi connectivity index (χ0) is 16.8. The zero-order valence-corrected chi connectivity index (χ0v) is 14.7. The summed E-state index contributed by atoms with van der Waals surface area (Å²) in [6.45, 7) is 6.18. The standard InChI is InChI=1S/C18H22N2O2S/c1-12-8-9-13(2)17(14(12)3)22-11-19-18(21)20-15-6-5-7-16(10-15)23-4/h5-10H,11H2,1-4H3,(H2,19,20,21). The normalized spacial score (nSPS) is 10.3. The molecule has 5 heteroatoms. The third-order valence-electron chi connectivity index (χ3n) is 3.65. The fourth-order valence-corrected chi connectivity index (χ4v) is 2.66. The molecule has 4 nitrogen and oxygen atoms in total. The lowest BCUT2D eigenvalue weighted by Gasteiger charge is -2.15. The van der Waals surface area contributed by atoms with Crippen LogP contribution in [0.15, 0.2) is 41.3 Å². The molecule has 0 fully saturated rings. The molecule has 23 heavy (non-hydrogen) atoms. The molecular weight excluding hydrogens is 308 g/mol. The number of amides is 2. The van der Waals surface area contributed by atoms with Gasteiger partial charge >= 0.3 is 6.03 Å². The van der Waals surface area contributed by atoms with Crippen LogP contribution in [0, 0.1) is 20.8 Å². The van der Waals surface area contributed by atoms with Crippen LogP contribution < -0.4 is 15.4 Å². The zero-order valence-electron chi connectivity index (χ0n) is 13.9. The second-order valence-corrected chi connectivity index (χ2v) is 6.18. The van der Waals surface area contributed by atoms with Crippen molar-refractivity contribution in [3.63, 3.8) is 0 Å². The van der Waals surface area contributed by atoms with Gasteiger partial charge in [0.2, 0.25) is 0 Å². The number of nitrogens with one attached hydrogen (secondary N) is 2. The predicted octanol–water partition coefficient (Wildman–Crippen LogP) is 4.49. The van der Waals surface area contributed by atoms with Crippen LogP contribution >= 0.6 is 11.8 Å². The Hall–Kier alpha value is -2.14. The van der Waals surface area contributed by atoms with Gasteiger partial charge < -0.3 is 15.4 Å². The van der Waals surface area contributed by atoms with E-state index in [-0.39, 0.29) is 12.8 Å². The summed E-state index contributed by atoms with van der Waals surface area (Å²) in [6, 6.07) is 11.5. The highest BCUT2D eigenvalue weighted by Crippen LogP contribution is 2.25. The molecule has 0 aliphatic rings. The lowest BCUT2D eigenvalue weighted by atomic mass is 10.1. The molecule has 0 saturated heterocycles. The Kier molecular flexibility index (Phi) is 5.93. The molecule has 0 saturated carbocycles. The summed E-state index contributed by atoms with van der Waals surface area (Å²) in [6.07, 6.45) is 2.00. The number of urea groups is 1. The molecule has 0 atom stereocenters. The molecule has 122 valence electrons. The Labute approximate surface area is 141 Å². The molecule has 0 spiro atoms. The van der Waals surface area contributed by atoms with E-state index in [2.05, 4.69) is 16.7 Å². The molecular formula is C18H22N2O2S. The molecule has 2 aromatic carbocycles. The van der Waals surface area contributed by atoms with Gasteiger partial charge in [0.05, 0.1) is 0 Å². The van der Waals surface area contributed by atoms with E-state index in [1.165, 1.54) is 5.56 Å². The van der Waals surface area contributed by atoms with Crippen LogP contribution in [0.1, 0.15) is 16.7 Å². The SMILES string of the molecule is CSc1cccc(NC(=O)NCOc2c(C)ccc(C)c2C)c1. The molecule has 0 bridgehead atoms. The largest absolute Gasteiger partial charge is 0.473 e. The molecule has 0 radical (unpaired) electrons. The van der Waals surface area contributed by atoms with Gasteiger partial charge in [0, 0.05) is 10.6 Å². The summed E-state index contributed by atoms with van der Waals surface area (Å²) in [5.74, 6) is 0.828. The van der Waals surface area contributed by atoms with Crippen molar-refractivity contribution in [1.82, 2.24) is 5.32 Å². The van der Waals surface area contributed by atoms with Crippen LogP contribution in [-0.2, 0) is 0 Å². The van der Waals surface area contributed by atoms with E-state index in [0.717, 1.165) is 27.5 Å². The highest BCUT2D eigenvalue weighted by molar-refractivity contribution is 7.98. The predicted molar refractivity (Wildman–Crippen MR) is 96.5 cm³/mol. The van der Waals surface area contributed by atoms with Gasteiger partial charge in [0.1, 0.15) is 5.75 Å². The smallest absolute Gasteiger partial charge is 0.321 e. The maximum absolute atomic E-state index is 11.9. The Bertz CT molecular complexity index is 701. The molecule has 2 N–H and O–H groups in total. The molecule has 2 aromatic rings. The highest BCUT2D eigenvalue weighted by atomic mass is 32.2. The monoisotopic (exact) mass is 330 g/mol. The molecule has 2 rings (SSSR count). The number of aryl methyl sites for hydroxylation is 2. The van der Waals surface area contributed by atoms with Crippen LogP contribution in [0.4, 0.5) is 10.5 Å². The van der Waals surface area contributed by atoms with Crippen LogP contribution in [0.25, 0.3) is 0 Å². The summed E-state index contributed by atoms with van der Waals surface area (Å²) in [7, 11) is 0. The summed E-state index contributed by atoms with van der Waals surface area (Å²) in [5.41, 5.74) is 4.09. The fourth-order valence-electron chi connectivity index (χ4n) is 2.20. The van der Waals surface area contributed by atoms with E-state index < -0.39 is 0 Å². The Morgan fingerprint density at radius 3 is 2.61 bits per heavy atom. The van der Waals surface area contributed by atoms with Crippen LogP contribution in [0.3, 0.4) is 0 Å². The molecule has 0 unspecified atom stereocenters. The first kappa shape index (κ1) is 17.2. The van der Waals surface area contributed by atoms with Crippen molar-refractivity contribution in [3.8, 4) is 5.75 Å². The quantitative estimate of drug-likeness (QED) is 0.627. The van der Waals surface area contributed by atoms with Crippen LogP contribution in [-0.4, -0.2) is 19.0 Å². The number of carbonyl (C=O) groups excluding carboxylic acids is 1. The fraction of sp³-hybridized carbons (Fsp3) is 0.278. The lowest BCUT2D eigenvalue weighted by molar-refractivity contribution is 0.234. The van der Waals surface area contributed by atoms with Gasteiger partial charge in [-0.1, -0.05) is 18.2 Å². The maximum Gasteiger partial charge on any atom is 0.321 e. The summed E-state index contributed by atoms with van der Waals surface area (Å²) in [5, 5.41) is 5.51. The van der Waals surface area contributed by atoms with E-state index in [9.17, 15) is 4.79 Å². The minimum absolute atomic E-state index is 0.124. The van der Waals surface area contributed by atoms with E-state index in [0.29, 0.717) is 0 Å². The number of hydrogen-bond acceptors (Lipinski definition) is 3. The third-order valence-corrected chi connectivity index (χ3v) is 4.38. The van der Waals surface area contributed by atoms with Gasteiger partial charge in [-0.15, -0.1) is 11.8 Å². The van der Waals surface area contributed by atoms with Crippen molar-refractivity contribution in [2.24, 2.45) is 0 Å². The second kappa shape index (κ2) is 7.92. The van der Waals surface area contributed by atoms with Crippen LogP contribution in [0.2, 0.25) is 0 Å². The van der Waals surface area contributed by atoms with Gasteiger partial charge in [-0.2, -0.15) is 0 Å². The maximum atomic E-state index is 11.9. The van der Waals surface area contributed by atoms with Crippen molar-refractivity contribution in [2.45, 2.75) is 25.7 Å². The number of thioether (sulfide) groups is 1. The molecule has 0 aliphatic heterocycles. The average molecular weight is 330 g/mol. The Morgan fingerprint density at radius 2 is 1.87 bits per heavy atom. The van der Waals surface area contributed by atoms with Gasteiger partial charge in [-0.05, 0) is 61.9 Å². The minimum atomic E-state index is -0.286.